The Bertz CT molecular complexity index is 755. The SMILES string of the molecule is CC(=O)N(C)c1ccc(NCC(=O)Nc2ccc(OCC(C)C)cc2)cc1. The maximum atomic E-state index is 12.1. The van der Waals surface area contributed by atoms with Crippen molar-refractivity contribution in [3.63, 3.8) is 0 Å². The zero-order chi connectivity index (χ0) is 19.8. The fourth-order valence-corrected chi connectivity index (χ4v) is 2.27. The second kappa shape index (κ2) is 9.62. The lowest BCUT2D eigenvalue weighted by molar-refractivity contribution is -0.116. The van der Waals surface area contributed by atoms with Crippen LogP contribution in [0.15, 0.2) is 48.5 Å². The second-order valence-electron chi connectivity index (χ2n) is 6.76. The molecule has 0 aliphatic heterocycles. The first-order chi connectivity index (χ1) is 12.8. The van der Waals surface area contributed by atoms with Crippen molar-refractivity contribution in [2.75, 3.05) is 35.7 Å². The standard InChI is InChI=1S/C21H27N3O3/c1-15(2)14-27-20-11-7-18(8-12-20)23-21(26)13-22-17-5-9-19(10-6-17)24(4)16(3)25/h5-12,15,22H,13-14H2,1-4H3,(H,23,26). The molecule has 6 nitrogen and oxygen atoms in total. The van der Waals surface area contributed by atoms with Crippen molar-refractivity contribution >= 4 is 28.9 Å². The minimum Gasteiger partial charge on any atom is -0.493 e. The molecule has 0 heterocycles. The third kappa shape index (κ3) is 6.66. The molecule has 144 valence electrons. The highest BCUT2D eigenvalue weighted by molar-refractivity contribution is 5.94. The molecule has 27 heavy (non-hydrogen) atoms. The van der Waals surface area contributed by atoms with Crippen molar-refractivity contribution in [1.82, 2.24) is 0 Å². The fraction of sp³-hybridized carbons (Fsp3) is 0.333. The molecule has 2 amide bonds. The first kappa shape index (κ1) is 20.3. The van der Waals surface area contributed by atoms with Crippen molar-refractivity contribution in [3.05, 3.63) is 48.5 Å². The second-order valence-corrected chi connectivity index (χ2v) is 6.76. The molecule has 0 saturated carbocycles. The lowest BCUT2D eigenvalue weighted by Gasteiger charge is -2.15. The highest BCUT2D eigenvalue weighted by Crippen LogP contribution is 2.18. The number of carbonyl (C=O) groups excluding carboxylic acids is 2. The minimum atomic E-state index is -0.143. The highest BCUT2D eigenvalue weighted by Gasteiger charge is 2.06. The van der Waals surface area contributed by atoms with Crippen LogP contribution in [-0.4, -0.2) is 32.0 Å². The van der Waals surface area contributed by atoms with E-state index in [1.54, 1.807) is 11.9 Å². The van der Waals surface area contributed by atoms with Gasteiger partial charge in [-0.2, -0.15) is 0 Å². The van der Waals surface area contributed by atoms with Gasteiger partial charge in [0.25, 0.3) is 0 Å². The van der Waals surface area contributed by atoms with Crippen LogP contribution in [-0.2, 0) is 9.59 Å². The van der Waals surface area contributed by atoms with Crippen LogP contribution in [0, 0.1) is 5.92 Å². The smallest absolute Gasteiger partial charge is 0.243 e. The third-order valence-corrected chi connectivity index (χ3v) is 3.90. The summed E-state index contributed by atoms with van der Waals surface area (Å²) < 4.78 is 5.62. The summed E-state index contributed by atoms with van der Waals surface area (Å²) in [6.07, 6.45) is 0. The van der Waals surface area contributed by atoms with Crippen molar-refractivity contribution in [2.45, 2.75) is 20.8 Å². The number of rotatable bonds is 8. The predicted octanol–water partition coefficient (Wildman–Crippen LogP) is 3.75. The van der Waals surface area contributed by atoms with Crippen LogP contribution in [0.2, 0.25) is 0 Å². The molecule has 0 aliphatic carbocycles. The Morgan fingerprint density at radius 1 is 1.00 bits per heavy atom. The predicted molar refractivity (Wildman–Crippen MR) is 109 cm³/mol. The number of amides is 2. The molecule has 0 saturated heterocycles. The normalized spacial score (nSPS) is 10.4. The number of hydrogen-bond donors (Lipinski definition) is 2. The van der Waals surface area contributed by atoms with Gasteiger partial charge in [0.05, 0.1) is 13.2 Å². The Morgan fingerprint density at radius 3 is 2.15 bits per heavy atom. The van der Waals surface area contributed by atoms with Gasteiger partial charge in [0.15, 0.2) is 0 Å². The zero-order valence-electron chi connectivity index (χ0n) is 16.3. The summed E-state index contributed by atoms with van der Waals surface area (Å²) in [5, 5.41) is 5.90. The van der Waals surface area contributed by atoms with Gasteiger partial charge >= 0.3 is 0 Å². The van der Waals surface area contributed by atoms with Crippen LogP contribution in [0.3, 0.4) is 0 Å². The number of nitrogens with zero attached hydrogens (tertiary/aromatic N) is 1. The van der Waals surface area contributed by atoms with Gasteiger partial charge in [0.2, 0.25) is 11.8 Å². The molecule has 6 heteroatoms. The molecule has 0 unspecified atom stereocenters. The van der Waals surface area contributed by atoms with Gasteiger partial charge in [0.1, 0.15) is 5.75 Å². The molecule has 0 aliphatic rings. The van der Waals surface area contributed by atoms with Crippen molar-refractivity contribution in [3.8, 4) is 5.75 Å². The van der Waals surface area contributed by atoms with Crippen molar-refractivity contribution in [1.29, 1.82) is 0 Å². The quantitative estimate of drug-likeness (QED) is 0.743. The van der Waals surface area contributed by atoms with E-state index in [1.165, 1.54) is 6.92 Å². The van der Waals surface area contributed by atoms with Crippen LogP contribution < -0.4 is 20.3 Å². The van der Waals surface area contributed by atoms with Gasteiger partial charge in [0, 0.05) is 31.0 Å². The highest BCUT2D eigenvalue weighted by atomic mass is 16.5. The Balaban J connectivity index is 1.81. The summed E-state index contributed by atoms with van der Waals surface area (Å²) in [6, 6.07) is 14.7. The van der Waals surface area contributed by atoms with E-state index in [9.17, 15) is 9.59 Å². The van der Waals surface area contributed by atoms with Crippen LogP contribution in [0.1, 0.15) is 20.8 Å². The van der Waals surface area contributed by atoms with Gasteiger partial charge < -0.3 is 20.3 Å². The van der Waals surface area contributed by atoms with Gasteiger partial charge in [-0.25, -0.2) is 0 Å². The van der Waals surface area contributed by atoms with E-state index in [1.807, 2.05) is 48.5 Å². The largest absolute Gasteiger partial charge is 0.493 e. The Labute approximate surface area is 160 Å². The van der Waals surface area contributed by atoms with Gasteiger partial charge in [-0.3, -0.25) is 9.59 Å². The summed E-state index contributed by atoms with van der Waals surface area (Å²) >= 11 is 0. The van der Waals surface area contributed by atoms with Crippen LogP contribution in [0.25, 0.3) is 0 Å². The molecule has 0 aromatic heterocycles. The molecule has 0 atom stereocenters. The van der Waals surface area contributed by atoms with Crippen LogP contribution in [0.4, 0.5) is 17.1 Å². The molecule has 0 bridgehead atoms. The number of benzene rings is 2. The fourth-order valence-electron chi connectivity index (χ4n) is 2.27. The number of nitrogens with one attached hydrogen (secondary N) is 2. The number of ether oxygens (including phenoxy) is 1. The van der Waals surface area contributed by atoms with E-state index in [0.29, 0.717) is 12.5 Å². The molecular weight excluding hydrogens is 342 g/mol. The summed E-state index contributed by atoms with van der Waals surface area (Å²) in [7, 11) is 1.72. The molecule has 0 spiro atoms. The molecule has 2 aromatic carbocycles. The third-order valence-electron chi connectivity index (χ3n) is 3.90. The lowest BCUT2D eigenvalue weighted by Crippen LogP contribution is -2.23. The van der Waals surface area contributed by atoms with Crippen molar-refractivity contribution in [2.24, 2.45) is 5.92 Å². The maximum Gasteiger partial charge on any atom is 0.243 e. The Kier molecular flexibility index (Phi) is 7.23. The van der Waals surface area contributed by atoms with E-state index in [-0.39, 0.29) is 18.4 Å². The molecule has 0 radical (unpaired) electrons. The van der Waals surface area contributed by atoms with Gasteiger partial charge in [-0.15, -0.1) is 0 Å². The Morgan fingerprint density at radius 2 is 1.59 bits per heavy atom. The summed E-state index contributed by atoms with van der Waals surface area (Å²) in [5.41, 5.74) is 2.33. The average Bonchev–Trinajstić information content (AvgIpc) is 2.65. The monoisotopic (exact) mass is 369 g/mol. The van der Waals surface area contributed by atoms with Gasteiger partial charge in [-0.1, -0.05) is 13.8 Å². The first-order valence-electron chi connectivity index (χ1n) is 8.96. The van der Waals surface area contributed by atoms with E-state index in [2.05, 4.69) is 24.5 Å². The van der Waals surface area contributed by atoms with E-state index in [4.69, 9.17) is 4.74 Å². The van der Waals surface area contributed by atoms with E-state index >= 15 is 0 Å². The zero-order valence-corrected chi connectivity index (χ0v) is 16.3. The molecule has 0 fully saturated rings. The lowest BCUT2D eigenvalue weighted by atomic mass is 10.2. The Hall–Kier alpha value is -3.02. The van der Waals surface area contributed by atoms with Gasteiger partial charge in [-0.05, 0) is 54.4 Å². The molecule has 2 aromatic rings. The minimum absolute atomic E-state index is 0.0317. The van der Waals surface area contributed by atoms with Crippen molar-refractivity contribution < 1.29 is 14.3 Å². The van der Waals surface area contributed by atoms with Crippen LogP contribution >= 0.6 is 0 Å². The average molecular weight is 369 g/mol. The number of hydrogen-bond acceptors (Lipinski definition) is 4. The molecular formula is C21H27N3O3. The summed E-state index contributed by atoms with van der Waals surface area (Å²) in [5.74, 6) is 1.08. The summed E-state index contributed by atoms with van der Waals surface area (Å²) in [6.45, 7) is 6.51. The number of anilines is 3. The van der Waals surface area contributed by atoms with E-state index < -0.39 is 0 Å². The molecule has 2 rings (SSSR count). The number of carbonyl (C=O) groups is 2. The first-order valence-corrected chi connectivity index (χ1v) is 8.96. The topological polar surface area (TPSA) is 70.7 Å². The van der Waals surface area contributed by atoms with E-state index in [0.717, 1.165) is 22.8 Å². The molecule has 2 N–H and O–H groups in total. The maximum absolute atomic E-state index is 12.1. The summed E-state index contributed by atoms with van der Waals surface area (Å²) in [4.78, 5) is 25.0. The van der Waals surface area contributed by atoms with Crippen LogP contribution in [0.5, 0.6) is 5.75 Å².